The van der Waals surface area contributed by atoms with Crippen LogP contribution in [0.4, 0.5) is 4.39 Å². The molecule has 0 amide bonds. The molecule has 0 spiro atoms. The summed E-state index contributed by atoms with van der Waals surface area (Å²) in [5.74, 6) is -0.155. The minimum Gasteiger partial charge on any atom is -0.324 e. The summed E-state index contributed by atoms with van der Waals surface area (Å²) >= 11 is 0. The van der Waals surface area contributed by atoms with Gasteiger partial charge in [-0.3, -0.25) is 4.57 Å². The second kappa shape index (κ2) is 12.8. The lowest BCUT2D eigenvalue weighted by atomic mass is 9.66. The molecule has 0 radical (unpaired) electrons. The van der Waals surface area contributed by atoms with Crippen LogP contribution in [-0.2, 0) is 22.9 Å². The van der Waals surface area contributed by atoms with E-state index in [1.54, 1.807) is 6.07 Å². The number of rotatable bonds is 13. The van der Waals surface area contributed by atoms with Crippen molar-refractivity contribution in [1.82, 2.24) is 5.32 Å². The molecule has 182 valence electrons. The van der Waals surface area contributed by atoms with Gasteiger partial charge in [-0.1, -0.05) is 74.6 Å². The third-order valence-corrected chi connectivity index (χ3v) is 7.95. The molecule has 0 aliphatic heterocycles. The lowest BCUT2D eigenvalue weighted by Crippen LogP contribution is -2.29. The molecule has 0 bridgehead atoms. The Bertz CT molecular complexity index is 893. The number of unbranched alkanes of at least 4 members (excludes halogenated alkanes) is 2. The zero-order valence-electron chi connectivity index (χ0n) is 19.6. The third-order valence-electron chi connectivity index (χ3n) is 7.05. The molecular formula is C27H39FNO3P. The van der Waals surface area contributed by atoms with Crippen LogP contribution in [0.25, 0.3) is 0 Å². The van der Waals surface area contributed by atoms with E-state index in [0.29, 0.717) is 24.9 Å². The van der Waals surface area contributed by atoms with Crippen LogP contribution in [0.3, 0.4) is 0 Å². The summed E-state index contributed by atoms with van der Waals surface area (Å²) in [6, 6.07) is 16.4. The Morgan fingerprint density at radius 3 is 2.39 bits per heavy atom. The molecular weight excluding hydrogens is 436 g/mol. The topological polar surface area (TPSA) is 69.6 Å². The van der Waals surface area contributed by atoms with Crippen molar-refractivity contribution < 1.29 is 18.7 Å². The number of hydrogen-bond acceptors (Lipinski definition) is 2. The van der Waals surface area contributed by atoms with E-state index < -0.39 is 7.60 Å². The van der Waals surface area contributed by atoms with Gasteiger partial charge in [0.2, 0.25) is 0 Å². The maximum absolute atomic E-state index is 14.5. The molecule has 1 aliphatic rings. The molecule has 1 fully saturated rings. The molecule has 4 nitrogen and oxygen atoms in total. The molecule has 2 aromatic carbocycles. The average Bonchev–Trinajstić information content (AvgIpc) is 2.80. The van der Waals surface area contributed by atoms with Crippen molar-refractivity contribution in [2.24, 2.45) is 0 Å². The standard InChI is InChI=1S/C27H39FNO3P/c28-26-21-23(22-29-19-10-20-33(30,31)32)14-15-24(26)11-4-2-7-16-27(17-8-3-9-18-27)25-12-5-1-6-13-25/h1,5-6,12-15,21,29H,2-4,7-11,16-20,22H2,(H2,30,31,32). The second-order valence-electron chi connectivity index (χ2n) is 9.61. The second-order valence-corrected chi connectivity index (χ2v) is 11.4. The minimum absolute atomic E-state index is 0.125. The van der Waals surface area contributed by atoms with Crippen molar-refractivity contribution in [3.8, 4) is 0 Å². The van der Waals surface area contributed by atoms with Crippen LogP contribution >= 0.6 is 7.60 Å². The van der Waals surface area contributed by atoms with Crippen LogP contribution in [0, 0.1) is 5.82 Å². The van der Waals surface area contributed by atoms with Gasteiger partial charge in [0.05, 0.1) is 6.16 Å². The van der Waals surface area contributed by atoms with E-state index in [2.05, 4.69) is 35.6 Å². The highest BCUT2D eigenvalue weighted by Gasteiger charge is 2.32. The number of nitrogens with one attached hydrogen (secondary N) is 1. The molecule has 6 heteroatoms. The maximum atomic E-state index is 14.5. The Balaban J connectivity index is 1.40. The van der Waals surface area contributed by atoms with Crippen molar-refractivity contribution in [3.63, 3.8) is 0 Å². The van der Waals surface area contributed by atoms with E-state index in [0.717, 1.165) is 30.4 Å². The van der Waals surface area contributed by atoms with Crippen LogP contribution < -0.4 is 5.32 Å². The van der Waals surface area contributed by atoms with Crippen molar-refractivity contribution in [1.29, 1.82) is 0 Å². The van der Waals surface area contributed by atoms with E-state index in [1.165, 1.54) is 50.5 Å². The lowest BCUT2D eigenvalue weighted by molar-refractivity contribution is 0.265. The molecule has 0 unspecified atom stereocenters. The van der Waals surface area contributed by atoms with Crippen LogP contribution in [0.2, 0.25) is 0 Å². The van der Waals surface area contributed by atoms with Gasteiger partial charge in [0, 0.05) is 6.54 Å². The summed E-state index contributed by atoms with van der Waals surface area (Å²) in [5, 5.41) is 3.12. The predicted octanol–water partition coefficient (Wildman–Crippen LogP) is 6.49. The molecule has 1 saturated carbocycles. The number of halogens is 1. The van der Waals surface area contributed by atoms with Crippen LogP contribution in [0.1, 0.15) is 80.9 Å². The molecule has 33 heavy (non-hydrogen) atoms. The summed E-state index contributed by atoms with van der Waals surface area (Å²) in [5.41, 5.74) is 3.47. The normalized spacial score (nSPS) is 16.1. The van der Waals surface area contributed by atoms with Crippen molar-refractivity contribution in [2.75, 3.05) is 12.7 Å². The molecule has 0 heterocycles. The van der Waals surface area contributed by atoms with E-state index in [9.17, 15) is 8.96 Å². The van der Waals surface area contributed by atoms with Gasteiger partial charge in [-0.25, -0.2) is 4.39 Å². The van der Waals surface area contributed by atoms with E-state index in [4.69, 9.17) is 9.79 Å². The first-order chi connectivity index (χ1) is 15.9. The minimum atomic E-state index is -3.94. The first kappa shape index (κ1) is 26.1. The summed E-state index contributed by atoms with van der Waals surface area (Å²) in [7, 11) is -3.94. The Labute approximate surface area is 198 Å². The molecule has 0 atom stereocenters. The number of hydrogen-bond donors (Lipinski definition) is 3. The van der Waals surface area contributed by atoms with Gasteiger partial charge < -0.3 is 15.1 Å². The molecule has 1 aliphatic carbocycles. The van der Waals surface area contributed by atoms with E-state index >= 15 is 0 Å². The van der Waals surface area contributed by atoms with Crippen LogP contribution in [-0.4, -0.2) is 22.5 Å². The van der Waals surface area contributed by atoms with Crippen molar-refractivity contribution >= 4 is 7.60 Å². The van der Waals surface area contributed by atoms with Gasteiger partial charge in [0.1, 0.15) is 5.82 Å². The first-order valence-electron chi connectivity index (χ1n) is 12.5. The number of benzene rings is 2. The zero-order valence-corrected chi connectivity index (χ0v) is 20.5. The van der Waals surface area contributed by atoms with Gasteiger partial charge in [-0.15, -0.1) is 0 Å². The predicted molar refractivity (Wildman–Crippen MR) is 133 cm³/mol. The fraction of sp³-hybridized carbons (Fsp3) is 0.556. The highest BCUT2D eigenvalue weighted by atomic mass is 31.2. The highest BCUT2D eigenvalue weighted by molar-refractivity contribution is 7.51. The van der Waals surface area contributed by atoms with Gasteiger partial charge in [0.15, 0.2) is 0 Å². The largest absolute Gasteiger partial charge is 0.325 e. The van der Waals surface area contributed by atoms with Crippen molar-refractivity contribution in [3.05, 3.63) is 71.0 Å². The van der Waals surface area contributed by atoms with Gasteiger partial charge in [-0.2, -0.15) is 0 Å². The van der Waals surface area contributed by atoms with Gasteiger partial charge in [0.25, 0.3) is 0 Å². The quantitative estimate of drug-likeness (QED) is 0.229. The maximum Gasteiger partial charge on any atom is 0.325 e. The van der Waals surface area contributed by atoms with Gasteiger partial charge in [-0.05, 0) is 73.2 Å². The Kier molecular flexibility index (Phi) is 10.1. The smallest absolute Gasteiger partial charge is 0.324 e. The van der Waals surface area contributed by atoms with E-state index in [-0.39, 0.29) is 12.0 Å². The molecule has 0 saturated heterocycles. The van der Waals surface area contributed by atoms with Crippen molar-refractivity contribution in [2.45, 2.75) is 82.6 Å². The first-order valence-corrected chi connectivity index (χ1v) is 14.3. The average molecular weight is 476 g/mol. The summed E-state index contributed by atoms with van der Waals surface area (Å²) in [6.07, 6.45) is 12.2. The number of aryl methyl sites for hydroxylation is 1. The monoisotopic (exact) mass is 475 g/mol. The fourth-order valence-electron chi connectivity index (χ4n) is 5.21. The molecule has 2 aromatic rings. The molecule has 0 aromatic heterocycles. The molecule has 3 rings (SSSR count). The lowest BCUT2D eigenvalue weighted by Gasteiger charge is -2.38. The van der Waals surface area contributed by atoms with E-state index in [1.807, 2.05) is 12.1 Å². The summed E-state index contributed by atoms with van der Waals surface area (Å²) in [6.45, 7) is 0.999. The van der Waals surface area contributed by atoms with Crippen LogP contribution in [0.15, 0.2) is 48.5 Å². The Morgan fingerprint density at radius 1 is 0.939 bits per heavy atom. The third kappa shape index (κ3) is 8.64. The SMILES string of the molecule is O=P(O)(O)CCCNCc1ccc(CCCCCC2(c3ccccc3)CCCCC2)c(F)c1. The Morgan fingerprint density at radius 2 is 1.70 bits per heavy atom. The summed E-state index contributed by atoms with van der Waals surface area (Å²) < 4.78 is 25.4. The van der Waals surface area contributed by atoms with Crippen LogP contribution in [0.5, 0.6) is 0 Å². The fourth-order valence-corrected chi connectivity index (χ4v) is 5.78. The zero-order chi connectivity index (χ0) is 23.6. The highest BCUT2D eigenvalue weighted by Crippen LogP contribution is 2.43. The summed E-state index contributed by atoms with van der Waals surface area (Å²) in [4.78, 5) is 17.7. The molecule has 3 N–H and O–H groups in total. The Hall–Kier alpha value is -1.52. The van der Waals surface area contributed by atoms with Gasteiger partial charge >= 0.3 is 7.60 Å².